The highest BCUT2D eigenvalue weighted by molar-refractivity contribution is 9.10. The average molecular weight is 282 g/mol. The van der Waals surface area contributed by atoms with Gasteiger partial charge in [0.25, 0.3) is 0 Å². The molecule has 0 saturated heterocycles. The van der Waals surface area contributed by atoms with Gasteiger partial charge in [-0.3, -0.25) is 0 Å². The van der Waals surface area contributed by atoms with Gasteiger partial charge >= 0.3 is 0 Å². The lowest BCUT2D eigenvalue weighted by molar-refractivity contribution is 0.558. The van der Waals surface area contributed by atoms with Crippen molar-refractivity contribution < 1.29 is 0 Å². The third kappa shape index (κ3) is 1.63. The van der Waals surface area contributed by atoms with Gasteiger partial charge in [0.2, 0.25) is 0 Å². The number of rotatable bonds is 2. The van der Waals surface area contributed by atoms with Crippen molar-refractivity contribution in [1.29, 1.82) is 0 Å². The molecule has 2 atom stereocenters. The van der Waals surface area contributed by atoms with Crippen LogP contribution in [0, 0.1) is 25.2 Å². The molecule has 0 bridgehead atoms. The fourth-order valence-corrected chi connectivity index (χ4v) is 3.33. The lowest BCUT2D eigenvalue weighted by atomic mass is 9.97. The van der Waals surface area contributed by atoms with Crippen molar-refractivity contribution in [3.8, 4) is 0 Å². The van der Waals surface area contributed by atoms with Gasteiger partial charge in [-0.15, -0.1) is 0 Å². The van der Waals surface area contributed by atoms with Crippen molar-refractivity contribution in [2.24, 2.45) is 17.1 Å². The van der Waals surface area contributed by atoms with Crippen LogP contribution in [0.2, 0.25) is 0 Å². The van der Waals surface area contributed by atoms with Gasteiger partial charge in [-0.1, -0.05) is 41.9 Å². The Morgan fingerprint density at radius 2 is 1.94 bits per heavy atom. The molecule has 1 nitrogen and oxygen atoms in total. The van der Waals surface area contributed by atoms with E-state index in [9.17, 15) is 0 Å². The predicted molar refractivity (Wildman–Crippen MR) is 72.7 cm³/mol. The Labute approximate surface area is 107 Å². The first-order valence-electron chi connectivity index (χ1n) is 5.87. The number of hydrogen-bond acceptors (Lipinski definition) is 1. The molecule has 0 heterocycles. The van der Waals surface area contributed by atoms with Crippen LogP contribution in [-0.4, -0.2) is 6.54 Å². The maximum Gasteiger partial charge on any atom is 0.0236 e. The molecule has 2 unspecified atom stereocenters. The smallest absolute Gasteiger partial charge is 0.0236 e. The Morgan fingerprint density at radius 3 is 2.44 bits per heavy atom. The largest absolute Gasteiger partial charge is 0.330 e. The fraction of sp³-hybridized carbons (Fsp3) is 0.571. The second-order valence-electron chi connectivity index (χ2n) is 5.55. The van der Waals surface area contributed by atoms with Crippen molar-refractivity contribution >= 4 is 15.9 Å². The SMILES string of the molecule is Cc1ccc(C2C(CN)C2(C)C)c(C)c1Br. The van der Waals surface area contributed by atoms with E-state index in [1.54, 1.807) is 0 Å². The maximum atomic E-state index is 5.84. The topological polar surface area (TPSA) is 26.0 Å². The lowest BCUT2D eigenvalue weighted by Gasteiger charge is -2.11. The van der Waals surface area contributed by atoms with E-state index in [4.69, 9.17) is 5.73 Å². The Bertz CT molecular complexity index is 423. The van der Waals surface area contributed by atoms with E-state index in [1.807, 2.05) is 0 Å². The quantitative estimate of drug-likeness (QED) is 0.878. The zero-order valence-corrected chi connectivity index (χ0v) is 12.1. The van der Waals surface area contributed by atoms with Crippen LogP contribution in [0.5, 0.6) is 0 Å². The number of hydrogen-bond donors (Lipinski definition) is 1. The Balaban J connectivity index is 2.41. The van der Waals surface area contributed by atoms with Crippen LogP contribution in [0.15, 0.2) is 16.6 Å². The highest BCUT2D eigenvalue weighted by Gasteiger charge is 2.57. The maximum absolute atomic E-state index is 5.84. The van der Waals surface area contributed by atoms with E-state index in [1.165, 1.54) is 21.2 Å². The van der Waals surface area contributed by atoms with Crippen molar-refractivity contribution in [2.75, 3.05) is 6.54 Å². The summed E-state index contributed by atoms with van der Waals surface area (Å²) in [6.07, 6.45) is 0. The van der Waals surface area contributed by atoms with Crippen LogP contribution in [-0.2, 0) is 0 Å². The summed E-state index contributed by atoms with van der Waals surface area (Å²) in [6.45, 7) is 9.78. The molecule has 0 radical (unpaired) electrons. The predicted octanol–water partition coefficient (Wildman–Crippen LogP) is 3.76. The molecular formula is C14H20BrN. The zero-order valence-electron chi connectivity index (χ0n) is 10.5. The molecule has 16 heavy (non-hydrogen) atoms. The molecular weight excluding hydrogens is 262 g/mol. The van der Waals surface area contributed by atoms with Crippen LogP contribution >= 0.6 is 15.9 Å². The summed E-state index contributed by atoms with van der Waals surface area (Å²) in [6, 6.07) is 4.48. The summed E-state index contributed by atoms with van der Waals surface area (Å²) in [5.74, 6) is 1.27. The fourth-order valence-electron chi connectivity index (χ4n) is 2.97. The summed E-state index contributed by atoms with van der Waals surface area (Å²) in [5, 5.41) is 0. The Kier molecular flexibility index (Phi) is 2.92. The van der Waals surface area contributed by atoms with Gasteiger partial charge in [0.1, 0.15) is 0 Å². The summed E-state index contributed by atoms with van der Waals surface area (Å²) >= 11 is 3.67. The molecule has 1 saturated carbocycles. The van der Waals surface area contributed by atoms with Crippen LogP contribution in [0.25, 0.3) is 0 Å². The summed E-state index contributed by atoms with van der Waals surface area (Å²) in [4.78, 5) is 0. The second-order valence-corrected chi connectivity index (χ2v) is 6.34. The molecule has 88 valence electrons. The van der Waals surface area contributed by atoms with Crippen LogP contribution in [0.3, 0.4) is 0 Å². The number of nitrogens with two attached hydrogens (primary N) is 1. The molecule has 1 aromatic rings. The first-order chi connectivity index (χ1) is 7.41. The van der Waals surface area contributed by atoms with Crippen LogP contribution < -0.4 is 5.73 Å². The van der Waals surface area contributed by atoms with E-state index in [0.29, 0.717) is 17.3 Å². The van der Waals surface area contributed by atoms with Crippen LogP contribution in [0.1, 0.15) is 36.5 Å². The standard InChI is InChI=1S/C14H20BrN/c1-8-5-6-10(9(2)13(8)15)12-11(7-16)14(12,3)4/h5-6,11-12H,7,16H2,1-4H3. The molecule has 2 heteroatoms. The first kappa shape index (κ1) is 12.1. The van der Waals surface area contributed by atoms with Crippen molar-refractivity contribution in [3.05, 3.63) is 33.3 Å². The van der Waals surface area contributed by atoms with Gasteiger partial charge < -0.3 is 5.73 Å². The Hall–Kier alpha value is -0.340. The minimum absolute atomic E-state index is 0.369. The normalized spacial score (nSPS) is 26.9. The third-order valence-corrected chi connectivity index (χ3v) is 5.48. The van der Waals surface area contributed by atoms with Gasteiger partial charge in [-0.2, -0.15) is 0 Å². The van der Waals surface area contributed by atoms with E-state index < -0.39 is 0 Å². The van der Waals surface area contributed by atoms with Gasteiger partial charge in [0, 0.05) is 4.47 Å². The minimum atomic E-state index is 0.369. The van der Waals surface area contributed by atoms with E-state index in [-0.39, 0.29) is 0 Å². The molecule has 1 aliphatic carbocycles. The number of aryl methyl sites for hydroxylation is 1. The van der Waals surface area contributed by atoms with Gasteiger partial charge in [-0.05, 0) is 54.3 Å². The highest BCUT2D eigenvalue weighted by atomic mass is 79.9. The monoisotopic (exact) mass is 281 g/mol. The van der Waals surface area contributed by atoms with Crippen molar-refractivity contribution in [2.45, 2.75) is 33.6 Å². The highest BCUT2D eigenvalue weighted by Crippen LogP contribution is 2.64. The van der Waals surface area contributed by atoms with Gasteiger partial charge in [0.15, 0.2) is 0 Å². The van der Waals surface area contributed by atoms with Gasteiger partial charge in [-0.25, -0.2) is 0 Å². The molecule has 0 aliphatic heterocycles. The zero-order chi connectivity index (χ0) is 12.1. The second kappa shape index (κ2) is 3.85. The molecule has 2 rings (SSSR count). The van der Waals surface area contributed by atoms with Crippen LogP contribution in [0.4, 0.5) is 0 Å². The molecule has 1 aliphatic rings. The first-order valence-corrected chi connectivity index (χ1v) is 6.66. The lowest BCUT2D eigenvalue weighted by Crippen LogP contribution is -2.05. The molecule has 0 amide bonds. The third-order valence-electron chi connectivity index (χ3n) is 4.26. The van der Waals surface area contributed by atoms with E-state index in [2.05, 4.69) is 55.8 Å². The molecule has 0 spiro atoms. The molecule has 1 aromatic carbocycles. The summed E-state index contributed by atoms with van der Waals surface area (Å²) in [7, 11) is 0. The van der Waals surface area contributed by atoms with E-state index >= 15 is 0 Å². The number of halogens is 1. The summed E-state index contributed by atoms with van der Waals surface area (Å²) in [5.41, 5.74) is 10.4. The van der Waals surface area contributed by atoms with E-state index in [0.717, 1.165) is 6.54 Å². The molecule has 0 aromatic heterocycles. The average Bonchev–Trinajstić information content (AvgIpc) is 2.77. The Morgan fingerprint density at radius 1 is 1.31 bits per heavy atom. The van der Waals surface area contributed by atoms with Gasteiger partial charge in [0.05, 0.1) is 0 Å². The molecule has 1 fully saturated rings. The number of benzene rings is 1. The minimum Gasteiger partial charge on any atom is -0.330 e. The summed E-state index contributed by atoms with van der Waals surface area (Å²) < 4.78 is 1.25. The molecule has 2 N–H and O–H groups in total. The van der Waals surface area contributed by atoms with Crippen molar-refractivity contribution in [3.63, 3.8) is 0 Å². The van der Waals surface area contributed by atoms with Crippen molar-refractivity contribution in [1.82, 2.24) is 0 Å².